The molecular weight excluding hydrogens is 1020 g/mol. The van der Waals surface area contributed by atoms with Crippen molar-refractivity contribution in [2.24, 2.45) is 0 Å². The van der Waals surface area contributed by atoms with Crippen molar-refractivity contribution in [2.45, 2.75) is 297 Å². The lowest BCUT2D eigenvalue weighted by molar-refractivity contribution is -0.167. The first-order chi connectivity index (χ1) is 41.0. The zero-order valence-electron chi connectivity index (χ0n) is 53.7. The van der Waals surface area contributed by atoms with Crippen LogP contribution in [0.2, 0.25) is 0 Å². The van der Waals surface area contributed by atoms with E-state index < -0.39 is 6.10 Å². The molecule has 0 aliphatic carbocycles. The molecule has 0 aromatic heterocycles. The van der Waals surface area contributed by atoms with Gasteiger partial charge in [0.15, 0.2) is 6.10 Å². The number of unbranched alkanes of at least 4 members (excludes halogenated alkanes) is 23. The van der Waals surface area contributed by atoms with Crippen LogP contribution in [0, 0.1) is 0 Å². The molecule has 0 radical (unpaired) electrons. The highest BCUT2D eigenvalue weighted by atomic mass is 16.6. The van der Waals surface area contributed by atoms with Gasteiger partial charge in [-0.05, 0) is 122 Å². The maximum Gasteiger partial charge on any atom is 0.306 e. The summed E-state index contributed by atoms with van der Waals surface area (Å²) in [6, 6.07) is 0. The van der Waals surface area contributed by atoms with Gasteiger partial charge >= 0.3 is 17.9 Å². The fourth-order valence-corrected chi connectivity index (χ4v) is 9.02. The van der Waals surface area contributed by atoms with Gasteiger partial charge in [-0.1, -0.05) is 307 Å². The van der Waals surface area contributed by atoms with Crippen LogP contribution in [0.3, 0.4) is 0 Å². The number of ether oxygens (including phenoxy) is 3. The second-order valence-electron chi connectivity index (χ2n) is 22.0. The molecule has 0 bridgehead atoms. The van der Waals surface area contributed by atoms with Crippen molar-refractivity contribution in [2.75, 3.05) is 13.2 Å². The third kappa shape index (κ3) is 67.7. The second-order valence-corrected chi connectivity index (χ2v) is 22.0. The first-order valence-corrected chi connectivity index (χ1v) is 34.0. The van der Waals surface area contributed by atoms with E-state index >= 15 is 0 Å². The van der Waals surface area contributed by atoms with Gasteiger partial charge in [-0.2, -0.15) is 0 Å². The lowest BCUT2D eigenvalue weighted by Gasteiger charge is -2.18. The van der Waals surface area contributed by atoms with E-state index in [1.807, 2.05) is 0 Å². The minimum atomic E-state index is -0.819. The second kappa shape index (κ2) is 69.5. The Hall–Kier alpha value is -4.97. The molecule has 0 saturated carbocycles. The van der Waals surface area contributed by atoms with Crippen LogP contribution in [0.5, 0.6) is 0 Å². The maximum atomic E-state index is 12.9. The lowest BCUT2D eigenvalue weighted by Crippen LogP contribution is -2.30. The molecule has 0 rings (SSSR count). The van der Waals surface area contributed by atoms with Crippen LogP contribution in [-0.4, -0.2) is 37.2 Å². The highest BCUT2D eigenvalue weighted by molar-refractivity contribution is 5.71. The summed E-state index contributed by atoms with van der Waals surface area (Å²) < 4.78 is 16.9. The van der Waals surface area contributed by atoms with Crippen LogP contribution >= 0.6 is 0 Å². The summed E-state index contributed by atoms with van der Waals surface area (Å²) in [5.41, 5.74) is 0. The molecule has 0 heterocycles. The zero-order valence-corrected chi connectivity index (χ0v) is 53.7. The van der Waals surface area contributed by atoms with Crippen LogP contribution in [0.4, 0.5) is 0 Å². The minimum Gasteiger partial charge on any atom is -0.462 e. The molecule has 0 aliphatic rings. The molecule has 0 fully saturated rings. The summed E-state index contributed by atoms with van der Waals surface area (Å²) in [5, 5.41) is 0. The Labute approximate surface area is 511 Å². The number of hydrogen-bond acceptors (Lipinski definition) is 6. The number of carbonyl (C=O) groups is 3. The Balaban J connectivity index is 4.48. The molecule has 0 spiro atoms. The van der Waals surface area contributed by atoms with Crippen molar-refractivity contribution < 1.29 is 28.6 Å². The standard InChI is InChI=1S/C77H124O6/c1-4-7-10-13-16-19-22-25-28-31-33-34-35-36-37-38-39-40-41-42-44-46-49-52-55-58-61-64-67-70-76(79)82-73-74(72-81-75(78)69-66-63-60-57-54-51-48-45-30-27-24-21-18-15-12-9-6-3)83-77(80)71-68-65-62-59-56-53-50-47-43-32-29-26-23-20-17-14-11-8-5-2/h7,9-10,12,16,18-19,21,25,27-28,30,33-34,36-37,39-40,42,44,48-49,51-52,57,60,74H,4-6,8,11,13-15,17,20,22-24,26,29,31-32,35,38,41,43,45-47,50,53-56,58-59,61-73H2,1-3H3/b10-7-,12-9-,19-16-,21-18-,28-25-,30-27-,34-33-,37-36-,40-39-,44-42-,51-48-,52-49-,60-57-. The maximum absolute atomic E-state index is 12.9. The summed E-state index contributed by atoms with van der Waals surface area (Å²) in [6.07, 6.45) is 101. The zero-order chi connectivity index (χ0) is 59.9. The van der Waals surface area contributed by atoms with E-state index in [-0.39, 0.29) is 37.5 Å². The van der Waals surface area contributed by atoms with E-state index in [1.54, 1.807) is 0 Å². The van der Waals surface area contributed by atoms with Gasteiger partial charge in [0, 0.05) is 19.3 Å². The largest absolute Gasteiger partial charge is 0.462 e. The van der Waals surface area contributed by atoms with Crippen LogP contribution in [0.1, 0.15) is 290 Å². The van der Waals surface area contributed by atoms with Crippen LogP contribution < -0.4 is 0 Å². The molecule has 0 N–H and O–H groups in total. The average molecular weight is 1150 g/mol. The molecule has 0 aliphatic heterocycles. The quantitative estimate of drug-likeness (QED) is 0.0261. The average Bonchev–Trinajstić information content (AvgIpc) is 3.49. The van der Waals surface area contributed by atoms with Gasteiger partial charge in [0.05, 0.1) is 0 Å². The molecule has 0 aromatic rings. The van der Waals surface area contributed by atoms with Crippen molar-refractivity contribution in [1.82, 2.24) is 0 Å². The fourth-order valence-electron chi connectivity index (χ4n) is 9.02. The van der Waals surface area contributed by atoms with Gasteiger partial charge in [-0.25, -0.2) is 0 Å². The normalized spacial score (nSPS) is 13.1. The number of esters is 3. The lowest BCUT2D eigenvalue weighted by atomic mass is 10.0. The van der Waals surface area contributed by atoms with E-state index in [2.05, 4.69) is 179 Å². The van der Waals surface area contributed by atoms with E-state index in [9.17, 15) is 14.4 Å². The van der Waals surface area contributed by atoms with Crippen LogP contribution in [0.25, 0.3) is 0 Å². The van der Waals surface area contributed by atoms with Gasteiger partial charge in [0.2, 0.25) is 0 Å². The summed E-state index contributed by atoms with van der Waals surface area (Å²) in [6.45, 7) is 6.36. The van der Waals surface area contributed by atoms with Crippen molar-refractivity contribution in [3.05, 3.63) is 158 Å². The highest BCUT2D eigenvalue weighted by Crippen LogP contribution is 2.16. The molecule has 1 atom stereocenters. The van der Waals surface area contributed by atoms with E-state index in [4.69, 9.17) is 14.2 Å². The predicted molar refractivity (Wildman–Crippen MR) is 362 cm³/mol. The Bertz CT molecular complexity index is 1840. The molecule has 0 aromatic carbocycles. The van der Waals surface area contributed by atoms with Gasteiger partial charge in [0.1, 0.15) is 13.2 Å². The summed E-state index contributed by atoms with van der Waals surface area (Å²) >= 11 is 0. The Morgan fingerprint density at radius 2 is 0.482 bits per heavy atom. The van der Waals surface area contributed by atoms with Gasteiger partial charge in [0.25, 0.3) is 0 Å². The summed E-state index contributed by atoms with van der Waals surface area (Å²) in [7, 11) is 0. The van der Waals surface area contributed by atoms with E-state index in [0.717, 1.165) is 141 Å². The highest BCUT2D eigenvalue weighted by Gasteiger charge is 2.19. The molecule has 83 heavy (non-hydrogen) atoms. The Morgan fingerprint density at radius 1 is 0.253 bits per heavy atom. The minimum absolute atomic E-state index is 0.113. The molecule has 0 amide bonds. The fraction of sp³-hybridized carbons (Fsp3) is 0.623. The first-order valence-electron chi connectivity index (χ1n) is 34.0. The van der Waals surface area contributed by atoms with Gasteiger partial charge in [-0.3, -0.25) is 14.4 Å². The first kappa shape index (κ1) is 78.0. The van der Waals surface area contributed by atoms with E-state index in [0.29, 0.717) is 19.3 Å². The molecule has 1 unspecified atom stereocenters. The third-order valence-corrected chi connectivity index (χ3v) is 14.0. The molecule has 0 saturated heterocycles. The summed E-state index contributed by atoms with van der Waals surface area (Å²) in [4.78, 5) is 38.4. The SMILES string of the molecule is CC/C=C\C/C=C\C/C=C\C/C=C\C/C=C\C/C=C\C/C=C\C/C=C\CCCCCCC(=O)OCC(COC(=O)CCC/C=C\C/C=C\C/C=C\C/C=C\C/C=C\CC)OC(=O)CCCCCCCCCCCCCCCCCCCCC. The molecule has 6 heteroatoms. The number of allylic oxidation sites excluding steroid dienone is 26. The van der Waals surface area contributed by atoms with Crippen molar-refractivity contribution in [3.63, 3.8) is 0 Å². The topological polar surface area (TPSA) is 78.9 Å². The third-order valence-electron chi connectivity index (χ3n) is 14.0. The van der Waals surface area contributed by atoms with Crippen LogP contribution in [-0.2, 0) is 28.6 Å². The van der Waals surface area contributed by atoms with Crippen molar-refractivity contribution in [1.29, 1.82) is 0 Å². The predicted octanol–water partition coefficient (Wildman–Crippen LogP) is 23.7. The Kier molecular flexibility index (Phi) is 65.4. The summed E-state index contributed by atoms with van der Waals surface area (Å²) in [5.74, 6) is -0.992. The molecule has 6 nitrogen and oxygen atoms in total. The number of carbonyl (C=O) groups excluding carboxylic acids is 3. The smallest absolute Gasteiger partial charge is 0.306 e. The Morgan fingerprint density at radius 3 is 0.783 bits per heavy atom. The van der Waals surface area contributed by atoms with Crippen LogP contribution in [0.15, 0.2) is 158 Å². The van der Waals surface area contributed by atoms with Gasteiger partial charge in [-0.15, -0.1) is 0 Å². The molecule has 468 valence electrons. The number of rotatable bonds is 60. The van der Waals surface area contributed by atoms with Gasteiger partial charge < -0.3 is 14.2 Å². The van der Waals surface area contributed by atoms with Crippen molar-refractivity contribution in [3.8, 4) is 0 Å². The monoisotopic (exact) mass is 1140 g/mol. The van der Waals surface area contributed by atoms with Crippen molar-refractivity contribution >= 4 is 17.9 Å². The van der Waals surface area contributed by atoms with E-state index in [1.165, 1.54) is 103 Å². The number of hydrogen-bond donors (Lipinski definition) is 0. The molecular formula is C77H124O6.